The van der Waals surface area contributed by atoms with Gasteiger partial charge in [0.25, 0.3) is 0 Å². The molecule has 0 radical (unpaired) electrons. The quantitative estimate of drug-likeness (QED) is 0.501. The molecule has 7 heteroatoms. The molecule has 20 heavy (non-hydrogen) atoms. The highest BCUT2D eigenvalue weighted by atomic mass is 79.9. The maximum atomic E-state index is 10.8. The summed E-state index contributed by atoms with van der Waals surface area (Å²) in [6, 6.07) is 9.66. The first kappa shape index (κ1) is 14.5. The predicted octanol–water partition coefficient (Wildman–Crippen LogP) is 4.47. The molecule has 0 aliphatic rings. The van der Waals surface area contributed by atoms with Gasteiger partial charge in [0, 0.05) is 22.3 Å². The van der Waals surface area contributed by atoms with Crippen LogP contribution >= 0.6 is 27.5 Å². The molecule has 0 fully saturated rings. The van der Waals surface area contributed by atoms with Gasteiger partial charge in [-0.2, -0.15) is 0 Å². The second-order valence-corrected chi connectivity index (χ2v) is 5.15. The van der Waals surface area contributed by atoms with E-state index in [0.717, 1.165) is 0 Å². The normalized spacial score (nSPS) is 10.9. The second kappa shape index (κ2) is 6.02. The Labute approximate surface area is 127 Å². The fourth-order valence-electron chi connectivity index (χ4n) is 1.54. The molecule has 5 nitrogen and oxygen atoms in total. The number of nitro groups is 1. The van der Waals surface area contributed by atoms with Gasteiger partial charge in [0.2, 0.25) is 5.75 Å². The Bertz CT molecular complexity index is 704. The first-order valence-corrected chi connectivity index (χ1v) is 6.61. The van der Waals surface area contributed by atoms with E-state index >= 15 is 0 Å². The molecular formula is C13H8BrClN2O3. The molecule has 0 heterocycles. The molecule has 0 spiro atoms. The number of phenols is 1. The molecule has 102 valence electrons. The summed E-state index contributed by atoms with van der Waals surface area (Å²) in [5.74, 6) is -0.436. The molecule has 0 aliphatic carbocycles. The number of rotatable bonds is 3. The number of hydrogen-bond donors (Lipinski definition) is 1. The Hall–Kier alpha value is -1.92. The second-order valence-electron chi connectivity index (χ2n) is 3.83. The van der Waals surface area contributed by atoms with Crippen molar-refractivity contribution in [3.05, 3.63) is 61.6 Å². The van der Waals surface area contributed by atoms with Crippen LogP contribution in [0.5, 0.6) is 5.75 Å². The smallest absolute Gasteiger partial charge is 0.312 e. The summed E-state index contributed by atoms with van der Waals surface area (Å²) >= 11 is 9.10. The van der Waals surface area contributed by atoms with Crippen LogP contribution in [0, 0.1) is 10.1 Å². The van der Waals surface area contributed by atoms with Crippen LogP contribution in [-0.4, -0.2) is 16.2 Å². The molecule has 0 bridgehead atoms. The van der Waals surface area contributed by atoms with Gasteiger partial charge in [0.05, 0.1) is 15.6 Å². The van der Waals surface area contributed by atoms with Gasteiger partial charge in [-0.1, -0.05) is 39.7 Å². The lowest BCUT2D eigenvalue weighted by Crippen LogP contribution is -1.92. The molecule has 0 aliphatic heterocycles. The summed E-state index contributed by atoms with van der Waals surface area (Å²) in [5, 5.41) is 21.1. The van der Waals surface area contributed by atoms with Crippen LogP contribution in [0.4, 0.5) is 11.4 Å². The number of aliphatic imine (C=N–C) groups is 1. The van der Waals surface area contributed by atoms with E-state index in [0.29, 0.717) is 15.2 Å². The van der Waals surface area contributed by atoms with Gasteiger partial charge >= 0.3 is 5.69 Å². The van der Waals surface area contributed by atoms with E-state index in [4.69, 9.17) is 11.6 Å². The van der Waals surface area contributed by atoms with Crippen LogP contribution in [0.15, 0.2) is 45.9 Å². The summed E-state index contributed by atoms with van der Waals surface area (Å²) < 4.78 is 0.475. The molecule has 1 N–H and O–H groups in total. The number of aromatic hydroxyl groups is 1. The number of nitro benzene ring substituents is 1. The third kappa shape index (κ3) is 3.15. The van der Waals surface area contributed by atoms with E-state index in [-0.39, 0.29) is 11.3 Å². The van der Waals surface area contributed by atoms with Gasteiger partial charge in [-0.15, -0.1) is 0 Å². The molecule has 0 saturated heterocycles. The average molecular weight is 356 g/mol. The molecule has 0 unspecified atom stereocenters. The minimum atomic E-state index is -0.660. The predicted molar refractivity (Wildman–Crippen MR) is 81.2 cm³/mol. The first-order valence-electron chi connectivity index (χ1n) is 5.44. The van der Waals surface area contributed by atoms with Crippen molar-refractivity contribution >= 4 is 45.1 Å². The Kier molecular flexibility index (Phi) is 4.36. The number of benzene rings is 2. The topological polar surface area (TPSA) is 75.7 Å². The maximum absolute atomic E-state index is 10.8. The monoisotopic (exact) mass is 354 g/mol. The zero-order chi connectivity index (χ0) is 14.7. The molecule has 0 atom stereocenters. The van der Waals surface area contributed by atoms with E-state index in [1.165, 1.54) is 18.3 Å². The Morgan fingerprint density at radius 1 is 1.35 bits per heavy atom. The van der Waals surface area contributed by atoms with Gasteiger partial charge < -0.3 is 5.11 Å². The van der Waals surface area contributed by atoms with Crippen molar-refractivity contribution in [2.45, 2.75) is 0 Å². The van der Waals surface area contributed by atoms with Crippen LogP contribution in [-0.2, 0) is 0 Å². The van der Waals surface area contributed by atoms with Crippen LogP contribution < -0.4 is 0 Å². The minimum Gasteiger partial charge on any atom is -0.502 e. The molecule has 0 amide bonds. The lowest BCUT2D eigenvalue weighted by Gasteiger charge is -2.02. The Balaban J connectivity index is 2.44. The largest absolute Gasteiger partial charge is 0.502 e. The fraction of sp³-hybridized carbons (Fsp3) is 0. The van der Waals surface area contributed by atoms with Gasteiger partial charge in [0.15, 0.2) is 0 Å². The number of halogens is 2. The van der Waals surface area contributed by atoms with Crippen LogP contribution in [0.3, 0.4) is 0 Å². The molecule has 2 aromatic carbocycles. The van der Waals surface area contributed by atoms with E-state index < -0.39 is 10.7 Å². The summed E-state index contributed by atoms with van der Waals surface area (Å²) in [4.78, 5) is 14.3. The minimum absolute atomic E-state index is 0.228. The van der Waals surface area contributed by atoms with E-state index in [2.05, 4.69) is 20.9 Å². The third-order valence-electron chi connectivity index (χ3n) is 2.48. The lowest BCUT2D eigenvalue weighted by molar-refractivity contribution is -0.385. The standard InChI is InChI=1S/C13H8BrClN2O3/c14-9-5-8(13(18)12(6-9)17(19)20)7-16-11-4-2-1-3-10(11)15/h1-7,18H/b16-7+. The van der Waals surface area contributed by atoms with Crippen LogP contribution in [0.2, 0.25) is 5.02 Å². The Morgan fingerprint density at radius 3 is 2.70 bits per heavy atom. The zero-order valence-electron chi connectivity index (χ0n) is 9.96. The van der Waals surface area contributed by atoms with Crippen molar-refractivity contribution in [1.82, 2.24) is 0 Å². The van der Waals surface area contributed by atoms with Crippen molar-refractivity contribution in [2.24, 2.45) is 4.99 Å². The molecule has 0 aromatic heterocycles. The number of phenolic OH excluding ortho intramolecular Hbond substituents is 1. The van der Waals surface area contributed by atoms with Crippen molar-refractivity contribution in [2.75, 3.05) is 0 Å². The van der Waals surface area contributed by atoms with Crippen LogP contribution in [0.1, 0.15) is 5.56 Å². The van der Waals surface area contributed by atoms with Gasteiger partial charge in [-0.3, -0.25) is 15.1 Å². The van der Waals surface area contributed by atoms with Crippen molar-refractivity contribution in [3.8, 4) is 5.75 Å². The van der Waals surface area contributed by atoms with Gasteiger partial charge in [-0.25, -0.2) is 0 Å². The van der Waals surface area contributed by atoms with Gasteiger partial charge in [0.1, 0.15) is 0 Å². The summed E-state index contributed by atoms with van der Waals surface area (Å²) in [5.41, 5.74) is 0.349. The van der Waals surface area contributed by atoms with Crippen molar-refractivity contribution in [3.63, 3.8) is 0 Å². The highest BCUT2D eigenvalue weighted by Gasteiger charge is 2.17. The van der Waals surface area contributed by atoms with Crippen molar-refractivity contribution < 1.29 is 10.0 Å². The third-order valence-corrected chi connectivity index (χ3v) is 3.25. The highest BCUT2D eigenvalue weighted by Crippen LogP contribution is 2.33. The number of hydrogen-bond acceptors (Lipinski definition) is 4. The average Bonchev–Trinajstić information content (AvgIpc) is 2.40. The zero-order valence-corrected chi connectivity index (χ0v) is 12.3. The number of nitrogens with zero attached hydrogens (tertiary/aromatic N) is 2. The molecule has 2 rings (SSSR count). The van der Waals surface area contributed by atoms with Crippen LogP contribution in [0.25, 0.3) is 0 Å². The number of para-hydroxylation sites is 1. The summed E-state index contributed by atoms with van der Waals surface area (Å²) in [6.45, 7) is 0. The SMILES string of the molecule is O=[N+]([O-])c1cc(Br)cc(/C=N/c2ccccc2Cl)c1O. The van der Waals surface area contributed by atoms with E-state index in [1.807, 2.05) is 0 Å². The maximum Gasteiger partial charge on any atom is 0.312 e. The first-order chi connectivity index (χ1) is 9.49. The van der Waals surface area contributed by atoms with Gasteiger partial charge in [-0.05, 0) is 18.2 Å². The molecule has 2 aromatic rings. The summed E-state index contributed by atoms with van der Waals surface area (Å²) in [7, 11) is 0. The Morgan fingerprint density at radius 2 is 2.05 bits per heavy atom. The molecular weight excluding hydrogens is 348 g/mol. The van der Waals surface area contributed by atoms with E-state index in [9.17, 15) is 15.2 Å². The fourth-order valence-corrected chi connectivity index (χ4v) is 2.19. The lowest BCUT2D eigenvalue weighted by atomic mass is 10.2. The van der Waals surface area contributed by atoms with Crippen molar-refractivity contribution in [1.29, 1.82) is 0 Å². The highest BCUT2D eigenvalue weighted by molar-refractivity contribution is 9.10. The summed E-state index contributed by atoms with van der Waals surface area (Å²) in [6.07, 6.45) is 1.33. The molecule has 0 saturated carbocycles. The van der Waals surface area contributed by atoms with E-state index in [1.54, 1.807) is 24.3 Å².